The lowest BCUT2D eigenvalue weighted by atomic mass is 9.96. The Morgan fingerprint density at radius 3 is 2.40 bits per heavy atom. The normalized spacial score (nSPS) is 21.4. The van der Waals surface area contributed by atoms with Crippen LogP contribution >= 0.6 is 0 Å². The van der Waals surface area contributed by atoms with E-state index in [1.165, 1.54) is 18.4 Å². The van der Waals surface area contributed by atoms with Gasteiger partial charge in [0, 0.05) is 18.6 Å². The largest absolute Gasteiger partial charge is 0.342 e. The summed E-state index contributed by atoms with van der Waals surface area (Å²) in [4.78, 5) is 14.5. The van der Waals surface area contributed by atoms with Gasteiger partial charge in [-0.25, -0.2) is 0 Å². The molecule has 1 heterocycles. The van der Waals surface area contributed by atoms with Crippen LogP contribution in [0.4, 0.5) is 0 Å². The molecule has 108 valence electrons. The molecule has 3 nitrogen and oxygen atoms in total. The van der Waals surface area contributed by atoms with Gasteiger partial charge in [0.1, 0.15) is 0 Å². The van der Waals surface area contributed by atoms with Crippen LogP contribution in [0.1, 0.15) is 49.7 Å². The Bertz CT molecular complexity index is 486. The summed E-state index contributed by atoms with van der Waals surface area (Å²) in [6.45, 7) is 1.85. The van der Waals surface area contributed by atoms with Crippen molar-refractivity contribution >= 4 is 5.91 Å². The van der Waals surface area contributed by atoms with Gasteiger partial charge in [-0.05, 0) is 36.8 Å². The summed E-state index contributed by atoms with van der Waals surface area (Å²) in [6.07, 6.45) is 7.40. The van der Waals surface area contributed by atoms with Gasteiger partial charge in [-0.2, -0.15) is 0 Å². The van der Waals surface area contributed by atoms with Gasteiger partial charge in [0.25, 0.3) is 0 Å². The summed E-state index contributed by atoms with van der Waals surface area (Å²) in [5.74, 6) is 0.267. The van der Waals surface area contributed by atoms with Gasteiger partial charge >= 0.3 is 0 Å². The second kappa shape index (κ2) is 5.57. The Hall–Kier alpha value is -1.35. The molecule has 2 fully saturated rings. The molecule has 0 spiro atoms. The highest BCUT2D eigenvalue weighted by Gasteiger charge is 2.41. The first-order chi connectivity index (χ1) is 9.69. The molecule has 0 aromatic heterocycles. The van der Waals surface area contributed by atoms with Gasteiger partial charge in [0.05, 0.1) is 6.42 Å². The molecule has 0 atom stereocenters. The van der Waals surface area contributed by atoms with Crippen LogP contribution in [0, 0.1) is 0 Å². The van der Waals surface area contributed by atoms with Crippen molar-refractivity contribution in [3.63, 3.8) is 0 Å². The second-order valence-electron chi connectivity index (χ2n) is 6.29. The van der Waals surface area contributed by atoms with Gasteiger partial charge in [0.15, 0.2) is 0 Å². The number of nitrogens with zero attached hydrogens (tertiary/aromatic N) is 1. The average Bonchev–Trinajstić information content (AvgIpc) is 3.23. The summed E-state index contributed by atoms with van der Waals surface area (Å²) < 4.78 is 0. The Morgan fingerprint density at radius 2 is 1.75 bits per heavy atom. The molecule has 2 aliphatic rings. The lowest BCUT2D eigenvalue weighted by Crippen LogP contribution is -2.33. The molecule has 0 bridgehead atoms. The van der Waals surface area contributed by atoms with Gasteiger partial charge in [-0.1, -0.05) is 37.1 Å². The van der Waals surface area contributed by atoms with Crippen molar-refractivity contribution in [1.82, 2.24) is 4.90 Å². The van der Waals surface area contributed by atoms with Crippen molar-refractivity contribution in [3.05, 3.63) is 35.4 Å². The van der Waals surface area contributed by atoms with Crippen LogP contribution in [0.3, 0.4) is 0 Å². The maximum absolute atomic E-state index is 12.5. The third kappa shape index (κ3) is 2.88. The maximum Gasteiger partial charge on any atom is 0.227 e. The van der Waals surface area contributed by atoms with E-state index >= 15 is 0 Å². The van der Waals surface area contributed by atoms with E-state index in [-0.39, 0.29) is 11.4 Å². The van der Waals surface area contributed by atoms with Gasteiger partial charge in [-0.3, -0.25) is 4.79 Å². The fraction of sp³-hybridized carbons (Fsp3) is 0.588. The average molecular weight is 272 g/mol. The first-order valence-corrected chi connectivity index (χ1v) is 7.84. The molecule has 1 aromatic carbocycles. The highest BCUT2D eigenvalue weighted by Crippen LogP contribution is 2.44. The molecule has 2 N–H and O–H groups in total. The van der Waals surface area contributed by atoms with E-state index in [2.05, 4.69) is 12.1 Å². The molecular weight excluding hydrogens is 248 g/mol. The van der Waals surface area contributed by atoms with Gasteiger partial charge in [0.2, 0.25) is 5.91 Å². The number of hydrogen-bond acceptors (Lipinski definition) is 2. The molecule has 20 heavy (non-hydrogen) atoms. The number of carbonyl (C=O) groups is 1. The van der Waals surface area contributed by atoms with Gasteiger partial charge < -0.3 is 10.6 Å². The zero-order valence-corrected chi connectivity index (χ0v) is 12.1. The Morgan fingerprint density at radius 1 is 1.10 bits per heavy atom. The maximum atomic E-state index is 12.5. The number of amides is 1. The number of benzene rings is 1. The molecule has 1 saturated heterocycles. The minimum atomic E-state index is -0.157. The van der Waals surface area contributed by atoms with E-state index in [4.69, 9.17) is 5.73 Å². The fourth-order valence-electron chi connectivity index (χ4n) is 3.16. The molecule has 1 saturated carbocycles. The van der Waals surface area contributed by atoms with Crippen LogP contribution < -0.4 is 5.73 Å². The van der Waals surface area contributed by atoms with Crippen LogP contribution in [0.5, 0.6) is 0 Å². The molecule has 1 aliphatic heterocycles. The Kier molecular flexibility index (Phi) is 3.79. The second-order valence-corrected chi connectivity index (χ2v) is 6.29. The van der Waals surface area contributed by atoms with Crippen molar-refractivity contribution in [2.24, 2.45) is 5.73 Å². The van der Waals surface area contributed by atoms with Crippen LogP contribution in [0.25, 0.3) is 0 Å². The molecular formula is C17H24N2O. The quantitative estimate of drug-likeness (QED) is 0.919. The number of hydrogen-bond donors (Lipinski definition) is 1. The molecule has 3 heteroatoms. The summed E-state index contributed by atoms with van der Waals surface area (Å²) in [5.41, 5.74) is 8.48. The predicted molar refractivity (Wildman–Crippen MR) is 80.3 cm³/mol. The molecule has 0 radical (unpaired) electrons. The van der Waals surface area contributed by atoms with Crippen LogP contribution in [-0.4, -0.2) is 23.9 Å². The zero-order valence-electron chi connectivity index (χ0n) is 12.1. The molecule has 0 unspecified atom stereocenters. The van der Waals surface area contributed by atoms with Gasteiger partial charge in [-0.15, -0.1) is 0 Å². The summed E-state index contributed by atoms with van der Waals surface area (Å²) in [6, 6.07) is 8.21. The van der Waals surface area contributed by atoms with Crippen molar-refractivity contribution in [2.45, 2.75) is 50.5 Å². The smallest absolute Gasteiger partial charge is 0.227 e. The summed E-state index contributed by atoms with van der Waals surface area (Å²) in [7, 11) is 0. The number of rotatable bonds is 3. The third-order valence-electron chi connectivity index (χ3n) is 4.64. The molecule has 1 aromatic rings. The predicted octanol–water partition coefficient (Wildman–Crippen LogP) is 2.58. The van der Waals surface area contributed by atoms with E-state index in [1.54, 1.807) is 0 Å². The minimum Gasteiger partial charge on any atom is -0.342 e. The topological polar surface area (TPSA) is 46.3 Å². The molecule has 1 aliphatic carbocycles. The van der Waals surface area contributed by atoms with E-state index in [1.807, 2.05) is 17.0 Å². The highest BCUT2D eigenvalue weighted by atomic mass is 16.2. The summed E-state index contributed by atoms with van der Waals surface area (Å²) >= 11 is 0. The van der Waals surface area contributed by atoms with Crippen LogP contribution in [0.2, 0.25) is 0 Å². The lowest BCUT2D eigenvalue weighted by Gasteiger charge is -2.22. The lowest BCUT2D eigenvalue weighted by molar-refractivity contribution is -0.130. The fourth-order valence-corrected chi connectivity index (χ4v) is 3.16. The van der Waals surface area contributed by atoms with Crippen molar-refractivity contribution in [3.8, 4) is 0 Å². The Balaban J connectivity index is 1.72. The van der Waals surface area contributed by atoms with E-state index < -0.39 is 0 Å². The van der Waals surface area contributed by atoms with E-state index in [9.17, 15) is 4.79 Å². The summed E-state index contributed by atoms with van der Waals surface area (Å²) in [5, 5.41) is 0. The van der Waals surface area contributed by atoms with Crippen LogP contribution in [0.15, 0.2) is 24.3 Å². The van der Waals surface area contributed by atoms with Crippen LogP contribution in [-0.2, 0) is 16.8 Å². The van der Waals surface area contributed by atoms with E-state index in [0.29, 0.717) is 6.42 Å². The SMILES string of the molecule is NC1(c2ccccc2CC(=O)N2CCCCCC2)CC1. The molecule has 1 amide bonds. The Labute approximate surface area is 121 Å². The van der Waals surface area contributed by atoms with Crippen molar-refractivity contribution in [1.29, 1.82) is 0 Å². The standard InChI is InChI=1S/C17H24N2O/c18-17(9-10-17)15-8-4-3-7-14(15)13-16(20)19-11-5-1-2-6-12-19/h3-4,7-8H,1-2,5-6,9-13,18H2. The zero-order chi connectivity index (χ0) is 14.0. The van der Waals surface area contributed by atoms with Crippen molar-refractivity contribution in [2.75, 3.05) is 13.1 Å². The van der Waals surface area contributed by atoms with Crippen molar-refractivity contribution < 1.29 is 4.79 Å². The van der Waals surface area contributed by atoms with E-state index in [0.717, 1.165) is 44.3 Å². The minimum absolute atomic E-state index is 0.157. The number of likely N-dealkylation sites (tertiary alicyclic amines) is 1. The monoisotopic (exact) mass is 272 g/mol. The highest BCUT2D eigenvalue weighted by molar-refractivity contribution is 5.79. The number of carbonyl (C=O) groups excluding carboxylic acids is 1. The number of nitrogens with two attached hydrogens (primary N) is 1. The first-order valence-electron chi connectivity index (χ1n) is 7.84. The third-order valence-corrected chi connectivity index (χ3v) is 4.64. The molecule has 3 rings (SSSR count). The first kappa shape index (κ1) is 13.6.